The van der Waals surface area contributed by atoms with Gasteiger partial charge in [-0.15, -0.1) is 0 Å². The average Bonchev–Trinajstić information content (AvgIpc) is 2.88. The molecule has 8 nitrogen and oxygen atoms in total. The first kappa shape index (κ1) is 26.2. The Kier molecular flexibility index (Phi) is 11.5. The predicted octanol–water partition coefficient (Wildman–Crippen LogP) is 2.35. The van der Waals surface area contributed by atoms with E-state index in [4.69, 9.17) is 14.4 Å². The van der Waals surface area contributed by atoms with Gasteiger partial charge in [-0.3, -0.25) is 9.09 Å². The standard InChI is InChI=1S/C20H35O8P/c1-14(2)7-5-8-15(3)9-6-10-16(4)11-12-26-29(24,25)28-20-19(23)18(22)17(13-21)27-20/h7,9,11,17-23H,5-6,8,10,12-13H2,1-4H3,(H,24,25)/p-1/b15-9-,16-11-/t17-,18-,19+,20+/m1/s1. The number of phosphoric ester groups is 1. The van der Waals surface area contributed by atoms with Gasteiger partial charge in [0.15, 0.2) is 6.29 Å². The maximum atomic E-state index is 11.9. The van der Waals surface area contributed by atoms with Gasteiger partial charge in [0.2, 0.25) is 0 Å². The van der Waals surface area contributed by atoms with Gasteiger partial charge in [-0.25, -0.2) is 0 Å². The SMILES string of the molecule is CC(C)=CCC/C(C)=C\CC/C(C)=C\COP(=O)([O-])O[C@@H]1O[C@H](CO)[C@@H](O)[C@@H]1O. The van der Waals surface area contributed by atoms with Gasteiger partial charge in [0.25, 0.3) is 7.82 Å². The molecule has 0 saturated carbocycles. The molecule has 0 bridgehead atoms. The van der Waals surface area contributed by atoms with Crippen molar-refractivity contribution in [3.63, 3.8) is 0 Å². The third kappa shape index (κ3) is 10.2. The molecule has 168 valence electrons. The largest absolute Gasteiger partial charge is 0.756 e. The molecule has 0 amide bonds. The fraction of sp³-hybridized carbons (Fsp3) is 0.700. The Bertz CT molecular complexity index is 638. The molecule has 1 aliphatic rings. The van der Waals surface area contributed by atoms with Crippen molar-refractivity contribution in [3.05, 3.63) is 34.9 Å². The monoisotopic (exact) mass is 433 g/mol. The molecule has 0 aliphatic carbocycles. The van der Waals surface area contributed by atoms with E-state index in [1.807, 2.05) is 6.92 Å². The van der Waals surface area contributed by atoms with Gasteiger partial charge in [0, 0.05) is 0 Å². The van der Waals surface area contributed by atoms with E-state index in [1.54, 1.807) is 6.08 Å². The van der Waals surface area contributed by atoms with Crippen molar-refractivity contribution in [1.82, 2.24) is 0 Å². The van der Waals surface area contributed by atoms with Crippen molar-refractivity contribution < 1.29 is 38.6 Å². The quantitative estimate of drug-likeness (QED) is 0.316. The van der Waals surface area contributed by atoms with Gasteiger partial charge < -0.3 is 29.5 Å². The summed E-state index contributed by atoms with van der Waals surface area (Å²) in [6.07, 6.45) is 3.97. The van der Waals surface area contributed by atoms with Crippen molar-refractivity contribution in [2.75, 3.05) is 13.2 Å². The number of hydrogen-bond acceptors (Lipinski definition) is 8. The molecule has 0 aromatic carbocycles. The summed E-state index contributed by atoms with van der Waals surface area (Å²) in [5.41, 5.74) is 3.61. The summed E-state index contributed by atoms with van der Waals surface area (Å²) in [5.74, 6) is 0. The van der Waals surface area contributed by atoms with Gasteiger partial charge in [-0.2, -0.15) is 0 Å². The molecule has 3 N–H and O–H groups in total. The van der Waals surface area contributed by atoms with Crippen LogP contribution >= 0.6 is 7.82 Å². The van der Waals surface area contributed by atoms with Crippen molar-refractivity contribution in [1.29, 1.82) is 0 Å². The van der Waals surface area contributed by atoms with E-state index >= 15 is 0 Å². The van der Waals surface area contributed by atoms with Crippen LogP contribution in [0, 0.1) is 0 Å². The minimum absolute atomic E-state index is 0.204. The number of aliphatic hydroxyl groups is 3. The van der Waals surface area contributed by atoms with Crippen LogP contribution in [-0.4, -0.2) is 53.1 Å². The summed E-state index contributed by atoms with van der Waals surface area (Å²) in [6.45, 7) is 7.37. The number of allylic oxidation sites excluding steroid dienone is 5. The lowest BCUT2D eigenvalue weighted by atomic mass is 10.1. The average molecular weight is 433 g/mol. The molecule has 1 unspecified atom stereocenters. The highest BCUT2D eigenvalue weighted by Gasteiger charge is 2.44. The Morgan fingerprint density at radius 1 is 1.03 bits per heavy atom. The lowest BCUT2D eigenvalue weighted by Crippen LogP contribution is -2.34. The Labute approximate surface area is 173 Å². The molecule has 29 heavy (non-hydrogen) atoms. The zero-order valence-electron chi connectivity index (χ0n) is 17.6. The van der Waals surface area contributed by atoms with Crippen LogP contribution in [0.25, 0.3) is 0 Å². The first-order valence-corrected chi connectivity index (χ1v) is 11.2. The van der Waals surface area contributed by atoms with E-state index in [1.165, 1.54) is 11.1 Å². The summed E-state index contributed by atoms with van der Waals surface area (Å²) >= 11 is 0. The van der Waals surface area contributed by atoms with E-state index in [0.717, 1.165) is 31.3 Å². The summed E-state index contributed by atoms with van der Waals surface area (Å²) in [7, 11) is -4.75. The number of ether oxygens (including phenoxy) is 1. The molecule has 5 atom stereocenters. The fourth-order valence-corrected chi connectivity index (χ4v) is 3.47. The van der Waals surface area contributed by atoms with E-state index < -0.39 is 39.0 Å². The van der Waals surface area contributed by atoms with E-state index in [0.29, 0.717) is 0 Å². The Hall–Kier alpha value is -0.830. The fourth-order valence-electron chi connectivity index (χ4n) is 2.72. The van der Waals surface area contributed by atoms with Crippen LogP contribution in [0.4, 0.5) is 0 Å². The zero-order valence-corrected chi connectivity index (χ0v) is 18.5. The Balaban J connectivity index is 2.37. The topological polar surface area (TPSA) is 129 Å². The second-order valence-electron chi connectivity index (χ2n) is 7.51. The maximum Gasteiger partial charge on any atom is 0.270 e. The highest BCUT2D eigenvalue weighted by atomic mass is 31.2. The van der Waals surface area contributed by atoms with Gasteiger partial charge in [0.05, 0.1) is 13.2 Å². The first-order chi connectivity index (χ1) is 13.6. The Morgan fingerprint density at radius 3 is 2.17 bits per heavy atom. The molecule has 1 saturated heterocycles. The molecule has 0 spiro atoms. The highest BCUT2D eigenvalue weighted by molar-refractivity contribution is 7.45. The van der Waals surface area contributed by atoms with E-state index in [2.05, 4.69) is 37.4 Å². The number of phosphoric acid groups is 1. The van der Waals surface area contributed by atoms with Crippen molar-refractivity contribution in [2.24, 2.45) is 0 Å². The highest BCUT2D eigenvalue weighted by Crippen LogP contribution is 2.42. The summed E-state index contributed by atoms with van der Waals surface area (Å²) in [4.78, 5) is 11.9. The van der Waals surface area contributed by atoms with Crippen LogP contribution in [-0.2, 0) is 18.3 Å². The zero-order chi connectivity index (χ0) is 22.0. The van der Waals surface area contributed by atoms with Crippen LogP contribution in [0.15, 0.2) is 34.9 Å². The van der Waals surface area contributed by atoms with Gasteiger partial charge in [0.1, 0.15) is 18.3 Å². The minimum atomic E-state index is -4.75. The van der Waals surface area contributed by atoms with Gasteiger partial charge >= 0.3 is 0 Å². The normalized spacial score (nSPS) is 27.7. The molecular weight excluding hydrogens is 399 g/mol. The maximum absolute atomic E-state index is 11.9. The number of aliphatic hydroxyl groups excluding tert-OH is 3. The van der Waals surface area contributed by atoms with Crippen molar-refractivity contribution in [2.45, 2.75) is 78.0 Å². The minimum Gasteiger partial charge on any atom is -0.756 e. The molecule has 9 heteroatoms. The van der Waals surface area contributed by atoms with Crippen LogP contribution in [0.2, 0.25) is 0 Å². The molecule has 1 rings (SSSR count). The second kappa shape index (κ2) is 12.8. The second-order valence-corrected chi connectivity index (χ2v) is 8.88. The van der Waals surface area contributed by atoms with Gasteiger partial charge in [-0.05, 0) is 53.4 Å². The first-order valence-electron chi connectivity index (χ1n) is 9.76. The summed E-state index contributed by atoms with van der Waals surface area (Å²) in [5, 5.41) is 28.3. The number of hydrogen-bond donors (Lipinski definition) is 3. The van der Waals surface area contributed by atoms with Crippen LogP contribution < -0.4 is 4.89 Å². The van der Waals surface area contributed by atoms with E-state index in [9.17, 15) is 19.7 Å². The molecule has 1 heterocycles. The molecule has 0 aromatic heterocycles. The van der Waals surface area contributed by atoms with Crippen LogP contribution in [0.5, 0.6) is 0 Å². The molecule has 0 radical (unpaired) electrons. The van der Waals surface area contributed by atoms with Crippen molar-refractivity contribution >= 4 is 7.82 Å². The number of rotatable bonds is 12. The molecule has 1 aliphatic heterocycles. The smallest absolute Gasteiger partial charge is 0.270 e. The predicted molar refractivity (Wildman–Crippen MR) is 108 cm³/mol. The van der Waals surface area contributed by atoms with Crippen LogP contribution in [0.1, 0.15) is 53.4 Å². The Morgan fingerprint density at radius 2 is 1.62 bits per heavy atom. The lowest BCUT2D eigenvalue weighted by Gasteiger charge is -2.26. The molecular formula is C20H34O8P-. The van der Waals surface area contributed by atoms with Crippen molar-refractivity contribution in [3.8, 4) is 0 Å². The third-order valence-corrected chi connectivity index (χ3v) is 5.45. The van der Waals surface area contributed by atoms with E-state index in [-0.39, 0.29) is 6.61 Å². The van der Waals surface area contributed by atoms with Crippen LogP contribution in [0.3, 0.4) is 0 Å². The lowest BCUT2D eigenvalue weighted by molar-refractivity contribution is -0.248. The summed E-state index contributed by atoms with van der Waals surface area (Å²) in [6, 6.07) is 0. The molecule has 1 fully saturated rings. The third-order valence-electron chi connectivity index (χ3n) is 4.52. The molecule has 0 aromatic rings. The summed E-state index contributed by atoms with van der Waals surface area (Å²) < 4.78 is 26.3. The van der Waals surface area contributed by atoms with Gasteiger partial charge in [-0.1, -0.05) is 34.9 Å².